The van der Waals surface area contributed by atoms with Gasteiger partial charge in [-0.1, -0.05) is 48.2 Å². The molecule has 0 saturated heterocycles. The second kappa shape index (κ2) is 11.2. The van der Waals surface area contributed by atoms with Gasteiger partial charge < -0.3 is 10.1 Å². The molecule has 1 heterocycles. The Labute approximate surface area is 205 Å². The molecular weight excluding hydrogens is 446 g/mol. The molecule has 2 aromatic carbocycles. The Morgan fingerprint density at radius 2 is 1.94 bits per heavy atom. The topological polar surface area (TPSA) is 73.2 Å². The number of nitrogens with one attached hydrogen (secondary N) is 1. The zero-order chi connectivity index (χ0) is 24.1. The normalized spacial score (nSPS) is 16.4. The third kappa shape index (κ3) is 5.70. The van der Waals surface area contributed by atoms with E-state index in [1.54, 1.807) is 10.6 Å². The van der Waals surface area contributed by atoms with E-state index in [1.165, 1.54) is 22.9 Å². The molecule has 1 aliphatic carbocycles. The van der Waals surface area contributed by atoms with Crippen LogP contribution >= 0.6 is 11.8 Å². The average molecular weight is 480 g/mol. The van der Waals surface area contributed by atoms with Crippen LogP contribution in [0.1, 0.15) is 57.2 Å². The highest BCUT2D eigenvalue weighted by molar-refractivity contribution is 8.00. The van der Waals surface area contributed by atoms with Crippen LogP contribution in [0, 0.1) is 0 Å². The predicted octanol–water partition coefficient (Wildman–Crippen LogP) is 4.89. The van der Waals surface area contributed by atoms with Crippen molar-refractivity contribution in [1.82, 2.24) is 14.9 Å². The van der Waals surface area contributed by atoms with E-state index >= 15 is 0 Å². The van der Waals surface area contributed by atoms with Gasteiger partial charge in [-0.25, -0.2) is 4.98 Å². The van der Waals surface area contributed by atoms with E-state index in [-0.39, 0.29) is 28.9 Å². The Balaban J connectivity index is 1.52. The minimum Gasteiger partial charge on any atom is -0.379 e. The summed E-state index contributed by atoms with van der Waals surface area (Å²) in [6, 6.07) is 15.7. The highest BCUT2D eigenvalue weighted by Gasteiger charge is 2.25. The summed E-state index contributed by atoms with van der Waals surface area (Å²) in [5.41, 5.74) is 3.10. The number of aryl methyl sites for hydroxylation is 1. The fourth-order valence-electron chi connectivity index (χ4n) is 4.38. The van der Waals surface area contributed by atoms with E-state index in [1.807, 2.05) is 45.0 Å². The zero-order valence-corrected chi connectivity index (χ0v) is 20.9. The van der Waals surface area contributed by atoms with E-state index < -0.39 is 0 Å². The Morgan fingerprint density at radius 1 is 1.18 bits per heavy atom. The van der Waals surface area contributed by atoms with E-state index in [0.717, 1.165) is 19.3 Å². The summed E-state index contributed by atoms with van der Waals surface area (Å²) in [7, 11) is 0. The molecule has 1 aromatic heterocycles. The first kappa shape index (κ1) is 24.5. The van der Waals surface area contributed by atoms with Crippen molar-refractivity contribution in [3.8, 4) is 0 Å². The van der Waals surface area contributed by atoms with E-state index in [4.69, 9.17) is 9.72 Å². The third-order valence-electron chi connectivity index (χ3n) is 6.14. The summed E-state index contributed by atoms with van der Waals surface area (Å²) in [6.45, 7) is 6.93. The molecule has 0 spiro atoms. The van der Waals surface area contributed by atoms with Crippen LogP contribution in [-0.4, -0.2) is 33.4 Å². The standard InChI is InChI=1S/C27H33N3O3S/c1-18(2)33-17-9-16-30-26(32)22-13-6-7-14-24(22)29-27(30)34-19(3)25(31)28-23-15-8-11-20-10-4-5-12-21(20)23/h4-7,10,12-14,18-19,23H,8-9,11,15-17H2,1-3H3,(H,28,31)/t19-,23-/m1/s1. The lowest BCUT2D eigenvalue weighted by molar-refractivity contribution is -0.121. The number of carbonyl (C=O) groups is 1. The van der Waals surface area contributed by atoms with Gasteiger partial charge in [0.15, 0.2) is 5.16 Å². The van der Waals surface area contributed by atoms with Crippen molar-refractivity contribution in [2.24, 2.45) is 0 Å². The average Bonchev–Trinajstić information content (AvgIpc) is 2.83. The van der Waals surface area contributed by atoms with Crippen LogP contribution in [0.15, 0.2) is 58.5 Å². The third-order valence-corrected chi connectivity index (χ3v) is 7.23. The number of fused-ring (bicyclic) bond motifs is 2. The number of hydrogen-bond acceptors (Lipinski definition) is 5. The van der Waals surface area contributed by atoms with Gasteiger partial charge >= 0.3 is 0 Å². The van der Waals surface area contributed by atoms with Crippen molar-refractivity contribution < 1.29 is 9.53 Å². The van der Waals surface area contributed by atoms with Gasteiger partial charge in [0.1, 0.15) is 0 Å². The molecule has 2 atom stereocenters. The molecule has 0 radical (unpaired) electrons. The number of carbonyl (C=O) groups excluding carboxylic acids is 1. The van der Waals surface area contributed by atoms with Crippen LogP contribution in [0.2, 0.25) is 0 Å². The van der Waals surface area contributed by atoms with Crippen molar-refractivity contribution in [2.75, 3.05) is 6.61 Å². The molecule has 0 fully saturated rings. The minimum absolute atomic E-state index is 0.0282. The maximum atomic E-state index is 13.3. The largest absolute Gasteiger partial charge is 0.379 e. The van der Waals surface area contributed by atoms with Gasteiger partial charge in [-0.3, -0.25) is 14.2 Å². The Morgan fingerprint density at radius 3 is 2.76 bits per heavy atom. The van der Waals surface area contributed by atoms with Gasteiger partial charge in [0.2, 0.25) is 5.91 Å². The minimum atomic E-state index is -0.389. The van der Waals surface area contributed by atoms with E-state index in [0.29, 0.717) is 35.6 Å². The molecule has 34 heavy (non-hydrogen) atoms. The van der Waals surface area contributed by atoms with Crippen molar-refractivity contribution in [3.05, 3.63) is 70.0 Å². The van der Waals surface area contributed by atoms with Crippen LogP contribution < -0.4 is 10.9 Å². The number of hydrogen-bond donors (Lipinski definition) is 1. The monoisotopic (exact) mass is 479 g/mol. The molecule has 4 rings (SSSR count). The van der Waals surface area contributed by atoms with Gasteiger partial charge in [0, 0.05) is 13.2 Å². The van der Waals surface area contributed by atoms with Gasteiger partial charge in [-0.05, 0) is 69.7 Å². The van der Waals surface area contributed by atoms with Crippen LogP contribution in [0.25, 0.3) is 10.9 Å². The predicted molar refractivity (Wildman–Crippen MR) is 137 cm³/mol. The number of nitrogens with zero attached hydrogens (tertiary/aromatic N) is 2. The maximum Gasteiger partial charge on any atom is 0.262 e. The van der Waals surface area contributed by atoms with Crippen molar-refractivity contribution in [1.29, 1.82) is 0 Å². The van der Waals surface area contributed by atoms with Gasteiger partial charge in [0.25, 0.3) is 5.56 Å². The first-order valence-corrected chi connectivity index (χ1v) is 13.0. The summed E-state index contributed by atoms with van der Waals surface area (Å²) >= 11 is 1.34. The summed E-state index contributed by atoms with van der Waals surface area (Å²) in [5, 5.41) is 4.01. The molecule has 0 bridgehead atoms. The van der Waals surface area contributed by atoms with Crippen molar-refractivity contribution in [2.45, 2.75) is 75.6 Å². The van der Waals surface area contributed by atoms with Crippen LogP contribution in [-0.2, 0) is 22.5 Å². The molecule has 180 valence electrons. The second-order valence-electron chi connectivity index (χ2n) is 9.05. The second-order valence-corrected chi connectivity index (χ2v) is 10.4. The molecule has 0 saturated carbocycles. The molecular formula is C27H33N3O3S. The van der Waals surface area contributed by atoms with E-state index in [2.05, 4.69) is 23.5 Å². The summed E-state index contributed by atoms with van der Waals surface area (Å²) in [6.07, 6.45) is 3.91. The first-order chi connectivity index (χ1) is 16.4. The van der Waals surface area contributed by atoms with Crippen LogP contribution in [0.3, 0.4) is 0 Å². The zero-order valence-electron chi connectivity index (χ0n) is 20.1. The fourth-order valence-corrected chi connectivity index (χ4v) is 5.32. The van der Waals surface area contributed by atoms with Crippen molar-refractivity contribution in [3.63, 3.8) is 0 Å². The Hall–Kier alpha value is -2.64. The summed E-state index contributed by atoms with van der Waals surface area (Å²) in [4.78, 5) is 31.2. The lowest BCUT2D eigenvalue weighted by Crippen LogP contribution is -2.36. The first-order valence-electron chi connectivity index (χ1n) is 12.1. The van der Waals surface area contributed by atoms with Crippen LogP contribution in [0.5, 0.6) is 0 Å². The molecule has 0 unspecified atom stereocenters. The number of aromatic nitrogens is 2. The van der Waals surface area contributed by atoms with Gasteiger partial charge in [-0.15, -0.1) is 0 Å². The molecule has 0 aliphatic heterocycles. The molecule has 3 aromatic rings. The quantitative estimate of drug-likeness (QED) is 0.269. The Bertz CT molecular complexity index is 1210. The Kier molecular flexibility index (Phi) is 8.06. The molecule has 1 amide bonds. The number of ether oxygens (including phenoxy) is 1. The highest BCUT2D eigenvalue weighted by atomic mass is 32.2. The number of thioether (sulfide) groups is 1. The molecule has 1 N–H and O–H groups in total. The number of amides is 1. The number of rotatable bonds is 9. The highest BCUT2D eigenvalue weighted by Crippen LogP contribution is 2.30. The van der Waals surface area contributed by atoms with Gasteiger partial charge in [-0.2, -0.15) is 0 Å². The van der Waals surface area contributed by atoms with Gasteiger partial charge in [0.05, 0.1) is 28.3 Å². The summed E-state index contributed by atoms with van der Waals surface area (Å²) < 4.78 is 7.35. The van der Waals surface area contributed by atoms with Crippen molar-refractivity contribution >= 4 is 28.6 Å². The number of para-hydroxylation sites is 1. The lowest BCUT2D eigenvalue weighted by atomic mass is 9.88. The number of benzene rings is 2. The summed E-state index contributed by atoms with van der Waals surface area (Å²) in [5.74, 6) is -0.0381. The fraction of sp³-hybridized carbons (Fsp3) is 0.444. The van der Waals surface area contributed by atoms with E-state index in [9.17, 15) is 9.59 Å². The molecule has 6 nitrogen and oxygen atoms in total. The molecule has 7 heteroatoms. The van der Waals surface area contributed by atoms with Crippen LogP contribution in [0.4, 0.5) is 0 Å². The SMILES string of the molecule is CC(C)OCCCn1c(S[C@H](C)C(=O)N[C@@H]2CCCc3ccccc32)nc2ccccc2c1=O. The maximum absolute atomic E-state index is 13.3. The lowest BCUT2D eigenvalue weighted by Gasteiger charge is -2.27. The molecule has 1 aliphatic rings. The smallest absolute Gasteiger partial charge is 0.262 e.